The van der Waals surface area contributed by atoms with Crippen molar-refractivity contribution in [3.63, 3.8) is 0 Å². The van der Waals surface area contributed by atoms with Crippen molar-refractivity contribution in [3.8, 4) is 11.5 Å². The summed E-state index contributed by atoms with van der Waals surface area (Å²) >= 11 is 0. The number of aliphatic hydroxyl groups excluding tert-OH is 1. The molecule has 100 valence electrons. The zero-order valence-corrected chi connectivity index (χ0v) is 10.5. The summed E-state index contributed by atoms with van der Waals surface area (Å²) in [6.07, 6.45) is 0.262. The minimum Gasteiger partial charge on any atom is -0.493 e. The summed E-state index contributed by atoms with van der Waals surface area (Å²) in [6, 6.07) is 4.90. The van der Waals surface area contributed by atoms with Gasteiger partial charge in [-0.2, -0.15) is 0 Å². The number of methoxy groups -OCH3 is 1. The van der Waals surface area contributed by atoms with Crippen molar-refractivity contribution in [2.24, 2.45) is 0 Å². The third kappa shape index (κ3) is 3.63. The van der Waals surface area contributed by atoms with Crippen LogP contribution in [-0.4, -0.2) is 29.4 Å². The molecule has 18 heavy (non-hydrogen) atoms. The Bertz CT molecular complexity index is 402. The molecule has 0 aromatic heterocycles. The van der Waals surface area contributed by atoms with Crippen LogP contribution in [0.2, 0.25) is 0 Å². The van der Waals surface area contributed by atoms with Crippen molar-refractivity contribution in [1.82, 2.24) is 0 Å². The maximum Gasteiger partial charge on any atom is 0.344 e. The lowest BCUT2D eigenvalue weighted by Gasteiger charge is -2.17. The average molecular weight is 254 g/mol. The third-order valence-electron chi connectivity index (χ3n) is 2.51. The largest absolute Gasteiger partial charge is 0.493 e. The Hall–Kier alpha value is -1.75. The molecule has 0 bridgehead atoms. The first kappa shape index (κ1) is 14.3. The molecule has 2 N–H and O–H groups in total. The van der Waals surface area contributed by atoms with Gasteiger partial charge in [-0.25, -0.2) is 4.79 Å². The predicted octanol–water partition coefficient (Wildman–Crippen LogP) is 1.82. The number of carboxylic acids is 1. The highest BCUT2D eigenvalue weighted by atomic mass is 16.5. The van der Waals surface area contributed by atoms with E-state index in [2.05, 4.69) is 0 Å². The standard InChI is InChI=1S/C13H18O5/c1-3-4-11(13(15)16)18-10-6-5-9(8-14)7-12(10)17-2/h5-7,11,14H,3-4,8H2,1-2H3,(H,15,16). The van der Waals surface area contributed by atoms with Gasteiger partial charge in [-0.3, -0.25) is 0 Å². The van der Waals surface area contributed by atoms with Crippen LogP contribution in [0.3, 0.4) is 0 Å². The molecule has 5 nitrogen and oxygen atoms in total. The van der Waals surface area contributed by atoms with Crippen molar-refractivity contribution in [1.29, 1.82) is 0 Å². The van der Waals surface area contributed by atoms with Gasteiger partial charge in [0.1, 0.15) is 0 Å². The number of ether oxygens (including phenoxy) is 2. The van der Waals surface area contributed by atoms with Crippen LogP contribution in [0.5, 0.6) is 11.5 Å². The van der Waals surface area contributed by atoms with E-state index in [1.165, 1.54) is 7.11 Å². The van der Waals surface area contributed by atoms with Crippen molar-refractivity contribution < 1.29 is 24.5 Å². The van der Waals surface area contributed by atoms with E-state index in [1.807, 2.05) is 6.92 Å². The Morgan fingerprint density at radius 2 is 2.11 bits per heavy atom. The van der Waals surface area contributed by atoms with Crippen LogP contribution in [0.15, 0.2) is 18.2 Å². The fourth-order valence-corrected chi connectivity index (χ4v) is 1.56. The molecule has 1 atom stereocenters. The highest BCUT2D eigenvalue weighted by Crippen LogP contribution is 2.29. The van der Waals surface area contributed by atoms with Gasteiger partial charge in [0.2, 0.25) is 0 Å². The quantitative estimate of drug-likeness (QED) is 0.776. The second-order valence-corrected chi connectivity index (χ2v) is 3.88. The van der Waals surface area contributed by atoms with Gasteiger partial charge >= 0.3 is 5.97 Å². The van der Waals surface area contributed by atoms with Crippen LogP contribution >= 0.6 is 0 Å². The second kappa shape index (κ2) is 6.86. The van der Waals surface area contributed by atoms with Crippen LogP contribution in [-0.2, 0) is 11.4 Å². The zero-order valence-electron chi connectivity index (χ0n) is 10.5. The topological polar surface area (TPSA) is 76.0 Å². The zero-order chi connectivity index (χ0) is 13.5. The normalized spacial score (nSPS) is 11.9. The van der Waals surface area contributed by atoms with Gasteiger partial charge in [0.25, 0.3) is 0 Å². The van der Waals surface area contributed by atoms with E-state index in [-0.39, 0.29) is 6.61 Å². The fraction of sp³-hybridized carbons (Fsp3) is 0.462. The first-order valence-corrected chi connectivity index (χ1v) is 5.79. The van der Waals surface area contributed by atoms with Gasteiger partial charge in [0, 0.05) is 0 Å². The summed E-state index contributed by atoms with van der Waals surface area (Å²) in [4.78, 5) is 11.0. The number of rotatable bonds is 7. The van der Waals surface area contributed by atoms with Crippen molar-refractivity contribution in [2.75, 3.05) is 7.11 Å². The Labute approximate surface area is 106 Å². The lowest BCUT2D eigenvalue weighted by Crippen LogP contribution is -2.26. The fourth-order valence-electron chi connectivity index (χ4n) is 1.56. The lowest BCUT2D eigenvalue weighted by molar-refractivity contribution is -0.145. The van der Waals surface area contributed by atoms with E-state index in [9.17, 15) is 4.79 Å². The van der Waals surface area contributed by atoms with E-state index in [1.54, 1.807) is 18.2 Å². The Balaban J connectivity index is 2.91. The molecule has 0 heterocycles. The molecule has 1 rings (SSSR count). The predicted molar refractivity (Wildman–Crippen MR) is 65.9 cm³/mol. The van der Waals surface area contributed by atoms with E-state index in [0.29, 0.717) is 29.9 Å². The number of benzene rings is 1. The highest BCUT2D eigenvalue weighted by Gasteiger charge is 2.20. The van der Waals surface area contributed by atoms with E-state index < -0.39 is 12.1 Å². The SMILES string of the molecule is CCCC(Oc1ccc(CO)cc1OC)C(=O)O. The molecule has 0 fully saturated rings. The smallest absolute Gasteiger partial charge is 0.344 e. The van der Waals surface area contributed by atoms with E-state index in [0.717, 1.165) is 0 Å². The number of aliphatic hydroxyl groups is 1. The minimum absolute atomic E-state index is 0.103. The van der Waals surface area contributed by atoms with Gasteiger partial charge < -0.3 is 19.7 Å². The minimum atomic E-state index is -0.995. The van der Waals surface area contributed by atoms with Gasteiger partial charge in [0.05, 0.1) is 13.7 Å². The second-order valence-electron chi connectivity index (χ2n) is 3.88. The molecule has 0 aliphatic carbocycles. The van der Waals surface area contributed by atoms with Crippen LogP contribution in [0.25, 0.3) is 0 Å². The number of hydrogen-bond donors (Lipinski definition) is 2. The summed E-state index contributed by atoms with van der Waals surface area (Å²) in [5, 5.41) is 18.0. The number of carboxylic acid groups (broad SMARTS) is 1. The summed E-state index contributed by atoms with van der Waals surface area (Å²) < 4.78 is 10.5. The van der Waals surface area contributed by atoms with Crippen LogP contribution in [0, 0.1) is 0 Å². The Morgan fingerprint density at radius 1 is 1.39 bits per heavy atom. The molecule has 0 radical (unpaired) electrons. The molecule has 1 unspecified atom stereocenters. The monoisotopic (exact) mass is 254 g/mol. The molecule has 1 aromatic carbocycles. The molecule has 1 aromatic rings. The van der Waals surface area contributed by atoms with Gasteiger partial charge in [0.15, 0.2) is 17.6 Å². The maximum atomic E-state index is 11.0. The lowest BCUT2D eigenvalue weighted by atomic mass is 10.2. The molecule has 0 aliphatic heterocycles. The molecule has 0 saturated heterocycles. The van der Waals surface area contributed by atoms with Gasteiger partial charge in [-0.15, -0.1) is 0 Å². The molecule has 0 saturated carbocycles. The first-order chi connectivity index (χ1) is 8.62. The summed E-state index contributed by atoms with van der Waals surface area (Å²) in [5.74, 6) is -0.204. The van der Waals surface area contributed by atoms with Crippen molar-refractivity contribution >= 4 is 5.97 Å². The van der Waals surface area contributed by atoms with Crippen molar-refractivity contribution in [2.45, 2.75) is 32.5 Å². The molecular weight excluding hydrogens is 236 g/mol. The molecule has 5 heteroatoms. The van der Waals surface area contributed by atoms with Crippen LogP contribution in [0.1, 0.15) is 25.3 Å². The molecule has 0 aliphatic rings. The van der Waals surface area contributed by atoms with Gasteiger partial charge in [-0.05, 0) is 24.1 Å². The Kier molecular flexibility index (Phi) is 5.45. The summed E-state index contributed by atoms with van der Waals surface area (Å²) in [6.45, 7) is 1.79. The van der Waals surface area contributed by atoms with E-state index >= 15 is 0 Å². The van der Waals surface area contributed by atoms with Crippen LogP contribution in [0.4, 0.5) is 0 Å². The highest BCUT2D eigenvalue weighted by molar-refractivity contribution is 5.72. The molecule has 0 spiro atoms. The average Bonchev–Trinajstić information content (AvgIpc) is 2.38. The molecule has 0 amide bonds. The number of hydrogen-bond acceptors (Lipinski definition) is 4. The first-order valence-electron chi connectivity index (χ1n) is 5.79. The summed E-state index contributed by atoms with van der Waals surface area (Å²) in [7, 11) is 1.47. The van der Waals surface area contributed by atoms with E-state index in [4.69, 9.17) is 19.7 Å². The van der Waals surface area contributed by atoms with Crippen LogP contribution < -0.4 is 9.47 Å². The summed E-state index contributed by atoms with van der Waals surface area (Å²) in [5.41, 5.74) is 0.682. The van der Waals surface area contributed by atoms with Crippen molar-refractivity contribution in [3.05, 3.63) is 23.8 Å². The third-order valence-corrected chi connectivity index (χ3v) is 2.51. The maximum absolute atomic E-state index is 11.0. The molecular formula is C13H18O5. The number of aliphatic carboxylic acids is 1. The van der Waals surface area contributed by atoms with Gasteiger partial charge in [-0.1, -0.05) is 19.4 Å². The Morgan fingerprint density at radius 3 is 2.61 bits per heavy atom. The number of carbonyl (C=O) groups is 1.